The molecule has 1 N–H and O–H groups in total. The summed E-state index contributed by atoms with van der Waals surface area (Å²) in [6, 6.07) is 14.9. The van der Waals surface area contributed by atoms with Gasteiger partial charge in [0.15, 0.2) is 0 Å². The van der Waals surface area contributed by atoms with Crippen molar-refractivity contribution in [2.75, 3.05) is 39.8 Å². The van der Waals surface area contributed by atoms with Gasteiger partial charge in [-0.2, -0.15) is 0 Å². The Kier molecular flexibility index (Phi) is 7.63. The number of benzene rings is 2. The highest BCUT2D eigenvalue weighted by Gasteiger charge is 2.15. The highest BCUT2D eigenvalue weighted by atomic mass is 32.1. The van der Waals surface area contributed by atoms with E-state index in [1.165, 1.54) is 17.7 Å². The van der Waals surface area contributed by atoms with Crippen LogP contribution in [0.25, 0.3) is 10.6 Å². The van der Waals surface area contributed by atoms with E-state index in [1.54, 1.807) is 23.5 Å². The molecule has 0 spiro atoms. The van der Waals surface area contributed by atoms with Crippen molar-refractivity contribution in [3.05, 3.63) is 76.5 Å². The van der Waals surface area contributed by atoms with Crippen molar-refractivity contribution in [3.8, 4) is 10.6 Å². The number of carbonyl (C=O) groups excluding carboxylic acids is 1. The number of likely N-dealkylation sites (N-methyl/N-ethyl adjacent to an activating group) is 1. The Balaban J connectivity index is 1.28. The van der Waals surface area contributed by atoms with E-state index in [2.05, 4.69) is 46.4 Å². The maximum Gasteiger partial charge on any atom is 0.226 e. The summed E-state index contributed by atoms with van der Waals surface area (Å²) in [5.41, 5.74) is 4.18. The van der Waals surface area contributed by atoms with Gasteiger partial charge in [-0.05, 0) is 42.8 Å². The fraction of sp³-hybridized carbons (Fsp3) is 0.360. The number of nitrogens with one attached hydrogen (secondary N) is 1. The summed E-state index contributed by atoms with van der Waals surface area (Å²) in [5.74, 6) is -0.297. The molecule has 0 aliphatic carbocycles. The van der Waals surface area contributed by atoms with E-state index in [0.29, 0.717) is 13.0 Å². The first kappa shape index (κ1) is 22.6. The standard InChI is InChI=1S/C25H29FN4OS/c1-29-11-13-30(14-12-29)17-20-3-2-4-21(15-20)25-28-23(18-32-25)16-24(31)27-10-9-19-5-7-22(26)8-6-19/h2-8,15,18H,9-14,16-17H2,1H3,(H,27,31). The van der Waals surface area contributed by atoms with Crippen LogP contribution in [0.15, 0.2) is 53.9 Å². The lowest BCUT2D eigenvalue weighted by Crippen LogP contribution is -2.43. The molecule has 0 bridgehead atoms. The zero-order valence-electron chi connectivity index (χ0n) is 18.4. The Morgan fingerprint density at radius 3 is 2.66 bits per heavy atom. The highest BCUT2D eigenvalue weighted by molar-refractivity contribution is 7.13. The molecule has 4 rings (SSSR count). The summed E-state index contributed by atoms with van der Waals surface area (Å²) < 4.78 is 13.0. The van der Waals surface area contributed by atoms with Gasteiger partial charge in [0.25, 0.3) is 0 Å². The number of halogens is 1. The van der Waals surface area contributed by atoms with E-state index < -0.39 is 0 Å². The number of amides is 1. The van der Waals surface area contributed by atoms with Gasteiger partial charge < -0.3 is 10.2 Å². The molecule has 0 saturated carbocycles. The quantitative estimate of drug-likeness (QED) is 0.567. The molecule has 32 heavy (non-hydrogen) atoms. The lowest BCUT2D eigenvalue weighted by Gasteiger charge is -2.32. The first-order chi connectivity index (χ1) is 15.5. The average molecular weight is 453 g/mol. The molecular weight excluding hydrogens is 423 g/mol. The molecule has 0 unspecified atom stereocenters. The van der Waals surface area contributed by atoms with Crippen molar-refractivity contribution in [2.24, 2.45) is 0 Å². The van der Waals surface area contributed by atoms with E-state index in [4.69, 9.17) is 4.98 Å². The Labute approximate surface area is 192 Å². The average Bonchev–Trinajstić information content (AvgIpc) is 3.25. The number of nitrogens with zero attached hydrogens (tertiary/aromatic N) is 3. The largest absolute Gasteiger partial charge is 0.355 e. The fourth-order valence-electron chi connectivity index (χ4n) is 3.81. The molecular formula is C25H29FN4OS. The number of carbonyl (C=O) groups is 1. The molecule has 7 heteroatoms. The van der Waals surface area contributed by atoms with Crippen LogP contribution < -0.4 is 5.32 Å². The van der Waals surface area contributed by atoms with Gasteiger partial charge in [-0.15, -0.1) is 11.3 Å². The Bertz CT molecular complexity index is 1030. The minimum absolute atomic E-state index is 0.0484. The van der Waals surface area contributed by atoms with Gasteiger partial charge in [-0.1, -0.05) is 30.3 Å². The minimum atomic E-state index is -0.248. The Morgan fingerprint density at radius 2 is 1.88 bits per heavy atom. The van der Waals surface area contributed by atoms with Crippen molar-refractivity contribution < 1.29 is 9.18 Å². The third-order valence-electron chi connectivity index (χ3n) is 5.72. The monoisotopic (exact) mass is 452 g/mol. The molecule has 1 amide bonds. The zero-order valence-corrected chi connectivity index (χ0v) is 19.2. The van der Waals surface area contributed by atoms with Gasteiger partial charge >= 0.3 is 0 Å². The predicted molar refractivity (Wildman–Crippen MR) is 127 cm³/mol. The molecule has 3 aromatic rings. The van der Waals surface area contributed by atoms with Crippen LogP contribution in [0.4, 0.5) is 4.39 Å². The molecule has 168 valence electrons. The summed E-state index contributed by atoms with van der Waals surface area (Å²) in [4.78, 5) is 21.8. The second-order valence-electron chi connectivity index (χ2n) is 8.33. The number of piperazine rings is 1. The normalized spacial score (nSPS) is 15.1. The van der Waals surface area contributed by atoms with Gasteiger partial charge in [0.2, 0.25) is 5.91 Å². The van der Waals surface area contributed by atoms with Crippen molar-refractivity contribution >= 4 is 17.2 Å². The molecule has 1 aromatic heterocycles. The maximum atomic E-state index is 13.0. The molecule has 0 atom stereocenters. The third kappa shape index (κ3) is 6.45. The SMILES string of the molecule is CN1CCN(Cc2cccc(-c3nc(CC(=O)NCCc4ccc(F)cc4)cs3)c2)CC1. The van der Waals surface area contributed by atoms with Crippen LogP contribution in [0.5, 0.6) is 0 Å². The number of rotatable bonds is 8. The lowest BCUT2D eigenvalue weighted by molar-refractivity contribution is -0.120. The van der Waals surface area contributed by atoms with Gasteiger partial charge in [0.1, 0.15) is 10.8 Å². The van der Waals surface area contributed by atoms with Gasteiger partial charge in [-0.3, -0.25) is 9.69 Å². The van der Waals surface area contributed by atoms with Crippen LogP contribution in [0.3, 0.4) is 0 Å². The molecule has 2 heterocycles. The highest BCUT2D eigenvalue weighted by Crippen LogP contribution is 2.25. The third-order valence-corrected chi connectivity index (χ3v) is 6.66. The second kappa shape index (κ2) is 10.8. The maximum absolute atomic E-state index is 13.0. The van der Waals surface area contributed by atoms with Crippen LogP contribution in [0.1, 0.15) is 16.8 Å². The first-order valence-corrected chi connectivity index (χ1v) is 11.9. The van der Waals surface area contributed by atoms with Crippen LogP contribution in [0, 0.1) is 5.82 Å². The molecule has 1 aliphatic rings. The van der Waals surface area contributed by atoms with E-state index >= 15 is 0 Å². The molecule has 5 nitrogen and oxygen atoms in total. The smallest absolute Gasteiger partial charge is 0.226 e. The van der Waals surface area contributed by atoms with E-state index in [9.17, 15) is 9.18 Å². The molecule has 1 aliphatic heterocycles. The number of aromatic nitrogens is 1. The summed E-state index contributed by atoms with van der Waals surface area (Å²) >= 11 is 1.57. The van der Waals surface area contributed by atoms with Gasteiger partial charge in [-0.25, -0.2) is 9.37 Å². The van der Waals surface area contributed by atoms with Crippen LogP contribution in [-0.4, -0.2) is 60.5 Å². The number of thiazole rings is 1. The molecule has 2 aromatic carbocycles. The summed E-state index contributed by atoms with van der Waals surface area (Å²) in [7, 11) is 2.17. The number of hydrogen-bond acceptors (Lipinski definition) is 5. The molecule has 0 radical (unpaired) electrons. The van der Waals surface area contributed by atoms with Gasteiger partial charge in [0.05, 0.1) is 12.1 Å². The van der Waals surface area contributed by atoms with Crippen LogP contribution >= 0.6 is 11.3 Å². The summed E-state index contributed by atoms with van der Waals surface area (Å²) in [6.45, 7) is 5.89. The molecule has 1 fully saturated rings. The van der Waals surface area contributed by atoms with E-state index in [1.807, 2.05) is 5.38 Å². The molecule has 1 saturated heterocycles. The van der Waals surface area contributed by atoms with Crippen LogP contribution in [0.2, 0.25) is 0 Å². The Hall–Kier alpha value is -2.61. The minimum Gasteiger partial charge on any atom is -0.355 e. The topological polar surface area (TPSA) is 48.5 Å². The predicted octanol–water partition coefficient (Wildman–Crippen LogP) is 3.60. The van der Waals surface area contributed by atoms with Crippen molar-refractivity contribution in [3.63, 3.8) is 0 Å². The van der Waals surface area contributed by atoms with Crippen molar-refractivity contribution in [1.82, 2.24) is 20.1 Å². The first-order valence-electron chi connectivity index (χ1n) is 11.0. The fourth-order valence-corrected chi connectivity index (χ4v) is 4.63. The van der Waals surface area contributed by atoms with Crippen molar-refractivity contribution in [2.45, 2.75) is 19.4 Å². The zero-order chi connectivity index (χ0) is 22.3. The number of hydrogen-bond donors (Lipinski definition) is 1. The second-order valence-corrected chi connectivity index (χ2v) is 9.19. The lowest BCUT2D eigenvalue weighted by atomic mass is 10.1. The van der Waals surface area contributed by atoms with Crippen LogP contribution in [-0.2, 0) is 24.2 Å². The van der Waals surface area contributed by atoms with E-state index in [-0.39, 0.29) is 18.1 Å². The summed E-state index contributed by atoms with van der Waals surface area (Å²) in [5, 5.41) is 5.83. The van der Waals surface area contributed by atoms with Gasteiger partial charge in [0, 0.05) is 50.2 Å². The van der Waals surface area contributed by atoms with E-state index in [0.717, 1.165) is 54.6 Å². The summed E-state index contributed by atoms with van der Waals surface area (Å²) in [6.07, 6.45) is 0.940. The van der Waals surface area contributed by atoms with Crippen molar-refractivity contribution in [1.29, 1.82) is 0 Å². The Morgan fingerprint density at radius 1 is 1.09 bits per heavy atom.